The van der Waals surface area contributed by atoms with Gasteiger partial charge in [-0.1, -0.05) is 0 Å². The number of rotatable bonds is 4. The van der Waals surface area contributed by atoms with Crippen LogP contribution in [0.4, 0.5) is 5.69 Å². The van der Waals surface area contributed by atoms with Crippen molar-refractivity contribution in [1.82, 2.24) is 4.90 Å². The molecule has 0 radical (unpaired) electrons. The van der Waals surface area contributed by atoms with Crippen LogP contribution in [0, 0.1) is 21.4 Å². The van der Waals surface area contributed by atoms with E-state index in [2.05, 4.69) is 0 Å². The van der Waals surface area contributed by atoms with E-state index < -0.39 is 16.7 Å². The highest BCUT2D eigenvalue weighted by Crippen LogP contribution is 2.34. The topological polar surface area (TPSA) is 127 Å². The van der Waals surface area contributed by atoms with Gasteiger partial charge in [0.05, 0.1) is 12.0 Å². The van der Waals surface area contributed by atoms with E-state index in [9.17, 15) is 25.0 Å². The number of methoxy groups -OCH3 is 1. The van der Waals surface area contributed by atoms with Crippen LogP contribution in [0.2, 0.25) is 0 Å². The Labute approximate surface area is 165 Å². The molecule has 0 saturated heterocycles. The molecule has 146 valence electrons. The zero-order valence-corrected chi connectivity index (χ0v) is 15.8. The first-order valence-electron chi connectivity index (χ1n) is 8.36. The number of carbonyl (C=O) groups excluding carboxylic acids is 2. The van der Waals surface area contributed by atoms with Crippen molar-refractivity contribution in [3.8, 4) is 23.1 Å². The Morgan fingerprint density at radius 1 is 1.24 bits per heavy atom. The molecule has 0 bridgehead atoms. The van der Waals surface area contributed by atoms with Gasteiger partial charge in [0.1, 0.15) is 23.2 Å². The van der Waals surface area contributed by atoms with Gasteiger partial charge in [-0.2, -0.15) is 5.26 Å². The molecule has 2 heterocycles. The SMILES string of the molecule is COc1ccc(-c2ccc(C=C3C(=O)N(C)C(=O)C(C#N)=C3C)o2)cc1[N+](=O)[O-]. The Morgan fingerprint density at radius 3 is 2.59 bits per heavy atom. The number of likely N-dealkylation sites (N-methyl/N-ethyl adjacent to an activating group) is 1. The second-order valence-corrected chi connectivity index (χ2v) is 6.18. The third-order valence-corrected chi connectivity index (χ3v) is 4.52. The van der Waals surface area contributed by atoms with Crippen molar-refractivity contribution < 1.29 is 23.7 Å². The third-order valence-electron chi connectivity index (χ3n) is 4.52. The minimum atomic E-state index is -0.655. The molecule has 0 N–H and O–H groups in total. The molecule has 0 aliphatic carbocycles. The zero-order valence-electron chi connectivity index (χ0n) is 15.8. The van der Waals surface area contributed by atoms with E-state index in [0.717, 1.165) is 4.90 Å². The lowest BCUT2D eigenvalue weighted by Gasteiger charge is -2.23. The standard InChI is InChI=1S/C20H15N3O6/c1-11-14(19(24)22(2)20(25)15(11)10-21)9-13-5-7-17(29-13)12-4-6-18(28-3)16(8-12)23(26)27/h4-9H,1-3H3. The first kappa shape index (κ1) is 19.6. The minimum Gasteiger partial charge on any atom is -0.490 e. The van der Waals surface area contributed by atoms with E-state index >= 15 is 0 Å². The van der Waals surface area contributed by atoms with Gasteiger partial charge in [-0.3, -0.25) is 24.6 Å². The number of benzene rings is 1. The summed E-state index contributed by atoms with van der Waals surface area (Å²) in [5.74, 6) is -0.445. The van der Waals surface area contributed by atoms with Crippen LogP contribution in [0.25, 0.3) is 17.4 Å². The summed E-state index contributed by atoms with van der Waals surface area (Å²) in [7, 11) is 2.64. The Morgan fingerprint density at radius 2 is 1.97 bits per heavy atom. The molecule has 29 heavy (non-hydrogen) atoms. The number of furan rings is 1. The predicted octanol–water partition coefficient (Wildman–Crippen LogP) is 3.09. The molecule has 0 unspecified atom stereocenters. The van der Waals surface area contributed by atoms with E-state index in [4.69, 9.17) is 9.15 Å². The van der Waals surface area contributed by atoms with Gasteiger partial charge in [0.15, 0.2) is 5.75 Å². The second kappa shape index (κ2) is 7.44. The lowest BCUT2D eigenvalue weighted by atomic mass is 9.95. The molecule has 0 fully saturated rings. The van der Waals surface area contributed by atoms with Crippen LogP contribution in [0.5, 0.6) is 5.75 Å². The van der Waals surface area contributed by atoms with Gasteiger partial charge in [0.2, 0.25) is 0 Å². The first-order valence-corrected chi connectivity index (χ1v) is 8.36. The molecule has 1 aromatic heterocycles. The molecule has 0 atom stereocenters. The van der Waals surface area contributed by atoms with Gasteiger partial charge in [0.25, 0.3) is 11.8 Å². The molecule has 1 aliphatic heterocycles. The molecule has 1 aromatic carbocycles. The quantitative estimate of drug-likeness (QED) is 0.338. The van der Waals surface area contributed by atoms with Crippen molar-refractivity contribution >= 4 is 23.6 Å². The van der Waals surface area contributed by atoms with Gasteiger partial charge in [-0.15, -0.1) is 0 Å². The van der Waals surface area contributed by atoms with Crippen LogP contribution >= 0.6 is 0 Å². The van der Waals surface area contributed by atoms with Crippen molar-refractivity contribution in [3.63, 3.8) is 0 Å². The largest absolute Gasteiger partial charge is 0.490 e. The van der Waals surface area contributed by atoms with Crippen LogP contribution in [-0.2, 0) is 9.59 Å². The molecule has 0 saturated carbocycles. The maximum Gasteiger partial charge on any atom is 0.311 e. The van der Waals surface area contributed by atoms with Crippen LogP contribution < -0.4 is 4.74 Å². The Balaban J connectivity index is 2.03. The van der Waals surface area contributed by atoms with Crippen LogP contribution in [0.15, 0.2) is 51.5 Å². The highest BCUT2D eigenvalue weighted by Gasteiger charge is 2.33. The van der Waals surface area contributed by atoms with Gasteiger partial charge in [-0.05, 0) is 42.8 Å². The molecule has 1 aliphatic rings. The molecule has 2 aromatic rings. The number of ether oxygens (including phenoxy) is 1. The smallest absolute Gasteiger partial charge is 0.311 e. The van der Waals surface area contributed by atoms with Crippen molar-refractivity contribution in [2.45, 2.75) is 6.92 Å². The summed E-state index contributed by atoms with van der Waals surface area (Å²) in [4.78, 5) is 36.0. The summed E-state index contributed by atoms with van der Waals surface area (Å²) in [5.41, 5.74) is 0.551. The molecule has 0 spiro atoms. The Kier molecular flexibility index (Phi) is 5.02. The van der Waals surface area contributed by atoms with E-state index in [1.807, 2.05) is 6.07 Å². The van der Waals surface area contributed by atoms with E-state index in [1.54, 1.807) is 18.2 Å². The fourth-order valence-electron chi connectivity index (χ4n) is 2.91. The number of nitro benzene ring substituents is 1. The summed E-state index contributed by atoms with van der Waals surface area (Å²) < 4.78 is 10.7. The number of hydrogen-bond acceptors (Lipinski definition) is 7. The fourth-order valence-corrected chi connectivity index (χ4v) is 2.91. The van der Waals surface area contributed by atoms with Gasteiger partial charge < -0.3 is 9.15 Å². The van der Waals surface area contributed by atoms with Crippen molar-refractivity contribution in [1.29, 1.82) is 5.26 Å². The average Bonchev–Trinajstić information content (AvgIpc) is 3.18. The van der Waals surface area contributed by atoms with E-state index in [1.165, 1.54) is 39.3 Å². The number of nitriles is 1. The highest BCUT2D eigenvalue weighted by molar-refractivity contribution is 6.19. The summed E-state index contributed by atoms with van der Waals surface area (Å²) >= 11 is 0. The molecule has 9 heteroatoms. The molecule has 3 rings (SSSR count). The lowest BCUT2D eigenvalue weighted by Crippen LogP contribution is -2.39. The number of amides is 2. The number of carbonyl (C=O) groups is 2. The summed E-state index contributed by atoms with van der Waals surface area (Å²) in [6, 6.07) is 9.40. The van der Waals surface area contributed by atoms with Crippen molar-refractivity contribution in [2.75, 3.05) is 14.2 Å². The number of nitrogens with zero attached hydrogens (tertiary/aromatic N) is 3. The normalized spacial score (nSPS) is 15.7. The van der Waals surface area contributed by atoms with Crippen LogP contribution in [0.1, 0.15) is 12.7 Å². The number of nitro groups is 1. The van der Waals surface area contributed by atoms with Crippen molar-refractivity contribution in [3.05, 3.63) is 62.9 Å². The van der Waals surface area contributed by atoms with Gasteiger partial charge in [0, 0.05) is 24.3 Å². The summed E-state index contributed by atoms with van der Waals surface area (Å²) in [6.45, 7) is 1.52. The zero-order chi connectivity index (χ0) is 21.3. The highest BCUT2D eigenvalue weighted by atomic mass is 16.6. The van der Waals surface area contributed by atoms with Gasteiger partial charge in [-0.25, -0.2) is 0 Å². The average molecular weight is 393 g/mol. The maximum atomic E-state index is 12.4. The maximum absolute atomic E-state index is 12.4. The third kappa shape index (κ3) is 3.39. The Bertz CT molecular complexity index is 1150. The van der Waals surface area contributed by atoms with Crippen LogP contribution in [-0.4, -0.2) is 35.8 Å². The summed E-state index contributed by atoms with van der Waals surface area (Å²) in [6.07, 6.45) is 1.43. The molecule has 9 nitrogen and oxygen atoms in total. The molecular formula is C20H15N3O6. The predicted molar refractivity (Wildman–Crippen MR) is 101 cm³/mol. The molecular weight excluding hydrogens is 378 g/mol. The summed E-state index contributed by atoms with van der Waals surface area (Å²) in [5, 5.41) is 20.4. The first-order chi connectivity index (χ1) is 13.8. The fraction of sp³-hybridized carbons (Fsp3) is 0.150. The van der Waals surface area contributed by atoms with Crippen LogP contribution in [0.3, 0.4) is 0 Å². The number of hydrogen-bond donors (Lipinski definition) is 0. The molecule has 2 amide bonds. The van der Waals surface area contributed by atoms with E-state index in [-0.39, 0.29) is 28.2 Å². The van der Waals surface area contributed by atoms with Gasteiger partial charge >= 0.3 is 5.69 Å². The van der Waals surface area contributed by atoms with E-state index in [0.29, 0.717) is 17.1 Å². The van der Waals surface area contributed by atoms with Crippen molar-refractivity contribution in [2.24, 2.45) is 0 Å². The minimum absolute atomic E-state index is 0.115. The second-order valence-electron chi connectivity index (χ2n) is 6.18. The number of imide groups is 1. The Hall–Kier alpha value is -4.19. The monoisotopic (exact) mass is 393 g/mol. The lowest BCUT2D eigenvalue weighted by molar-refractivity contribution is -0.385.